The van der Waals surface area contributed by atoms with Crippen LogP contribution in [0.2, 0.25) is 5.02 Å². The number of nitrogens with one attached hydrogen (secondary N) is 2. The maximum atomic E-state index is 12.3. The summed E-state index contributed by atoms with van der Waals surface area (Å²) >= 11 is 6.14. The summed E-state index contributed by atoms with van der Waals surface area (Å²) in [6.07, 6.45) is 0. The first-order valence-electron chi connectivity index (χ1n) is 7.56. The number of anilines is 2. The van der Waals surface area contributed by atoms with E-state index in [1.54, 1.807) is 42.5 Å². The number of carbonyl (C=O) groups is 2. The SMILES string of the molecule is CC(=O)Nc1ccc(NC(=O)c2ccc(-c3ccccc3Cl)o2)cc1. The molecule has 0 aliphatic rings. The van der Waals surface area contributed by atoms with Gasteiger partial charge in [0.1, 0.15) is 5.76 Å². The van der Waals surface area contributed by atoms with Gasteiger partial charge in [0.05, 0.1) is 5.02 Å². The predicted octanol–water partition coefficient (Wildman–Crippen LogP) is 4.81. The van der Waals surface area contributed by atoms with Crippen LogP contribution in [-0.2, 0) is 4.79 Å². The lowest BCUT2D eigenvalue weighted by Gasteiger charge is -2.06. The van der Waals surface area contributed by atoms with Crippen molar-refractivity contribution >= 4 is 34.8 Å². The molecule has 0 unspecified atom stereocenters. The first-order valence-corrected chi connectivity index (χ1v) is 7.94. The summed E-state index contributed by atoms with van der Waals surface area (Å²) in [6, 6.07) is 17.4. The molecule has 1 heterocycles. The first-order chi connectivity index (χ1) is 12.0. The molecule has 0 aliphatic carbocycles. The highest BCUT2D eigenvalue weighted by molar-refractivity contribution is 6.33. The van der Waals surface area contributed by atoms with Crippen LogP contribution in [-0.4, -0.2) is 11.8 Å². The second-order valence-electron chi connectivity index (χ2n) is 5.36. The van der Waals surface area contributed by atoms with E-state index < -0.39 is 0 Å². The predicted molar refractivity (Wildman–Crippen MR) is 97.9 cm³/mol. The summed E-state index contributed by atoms with van der Waals surface area (Å²) in [5.74, 6) is 0.183. The van der Waals surface area contributed by atoms with Crippen molar-refractivity contribution < 1.29 is 14.0 Å². The summed E-state index contributed by atoms with van der Waals surface area (Å²) < 4.78 is 5.61. The summed E-state index contributed by atoms with van der Waals surface area (Å²) in [6.45, 7) is 1.43. The molecule has 6 heteroatoms. The Hall–Kier alpha value is -3.05. The molecule has 25 heavy (non-hydrogen) atoms. The van der Waals surface area contributed by atoms with Gasteiger partial charge in [-0.15, -0.1) is 0 Å². The first kappa shape index (κ1) is 16.8. The van der Waals surface area contributed by atoms with Crippen molar-refractivity contribution in [1.29, 1.82) is 0 Å². The number of hydrogen-bond donors (Lipinski definition) is 2. The molecular formula is C19H15ClN2O3. The van der Waals surface area contributed by atoms with E-state index in [0.717, 1.165) is 5.56 Å². The minimum Gasteiger partial charge on any atom is -0.451 e. The van der Waals surface area contributed by atoms with E-state index in [-0.39, 0.29) is 17.6 Å². The number of carbonyl (C=O) groups excluding carboxylic acids is 2. The summed E-state index contributed by atoms with van der Waals surface area (Å²) in [4.78, 5) is 23.3. The minimum absolute atomic E-state index is 0.153. The highest BCUT2D eigenvalue weighted by atomic mass is 35.5. The van der Waals surface area contributed by atoms with Gasteiger partial charge in [-0.3, -0.25) is 9.59 Å². The molecule has 2 N–H and O–H groups in total. The van der Waals surface area contributed by atoms with Gasteiger partial charge in [-0.2, -0.15) is 0 Å². The van der Waals surface area contributed by atoms with Gasteiger partial charge in [0, 0.05) is 23.9 Å². The van der Waals surface area contributed by atoms with Gasteiger partial charge in [-0.25, -0.2) is 0 Å². The second-order valence-corrected chi connectivity index (χ2v) is 5.76. The number of benzene rings is 2. The lowest BCUT2D eigenvalue weighted by molar-refractivity contribution is -0.114. The fourth-order valence-electron chi connectivity index (χ4n) is 2.30. The summed E-state index contributed by atoms with van der Waals surface area (Å²) in [5, 5.41) is 5.95. The fourth-order valence-corrected chi connectivity index (χ4v) is 2.53. The van der Waals surface area contributed by atoms with E-state index in [9.17, 15) is 9.59 Å². The molecule has 0 fully saturated rings. The Morgan fingerprint density at radius 2 is 1.52 bits per heavy atom. The maximum absolute atomic E-state index is 12.3. The average molecular weight is 355 g/mol. The van der Waals surface area contributed by atoms with Gasteiger partial charge in [-0.1, -0.05) is 23.7 Å². The van der Waals surface area contributed by atoms with Crippen LogP contribution in [0, 0.1) is 0 Å². The molecule has 0 saturated heterocycles. The number of hydrogen-bond acceptors (Lipinski definition) is 3. The van der Waals surface area contributed by atoms with Crippen LogP contribution in [0.15, 0.2) is 65.1 Å². The van der Waals surface area contributed by atoms with Crippen molar-refractivity contribution in [1.82, 2.24) is 0 Å². The third-order valence-corrected chi connectivity index (χ3v) is 3.76. The number of halogens is 1. The summed E-state index contributed by atoms with van der Waals surface area (Å²) in [7, 11) is 0. The Kier molecular flexibility index (Phi) is 4.86. The molecule has 0 bridgehead atoms. The molecule has 0 radical (unpaired) electrons. The topological polar surface area (TPSA) is 71.3 Å². The third kappa shape index (κ3) is 4.08. The fraction of sp³-hybridized carbons (Fsp3) is 0.0526. The Labute approximate surface area is 149 Å². The van der Waals surface area contributed by atoms with E-state index >= 15 is 0 Å². The highest BCUT2D eigenvalue weighted by Gasteiger charge is 2.14. The zero-order valence-corrected chi connectivity index (χ0v) is 14.1. The lowest BCUT2D eigenvalue weighted by atomic mass is 10.2. The molecular weight excluding hydrogens is 340 g/mol. The molecule has 5 nitrogen and oxygen atoms in total. The quantitative estimate of drug-likeness (QED) is 0.706. The van der Waals surface area contributed by atoms with E-state index in [1.165, 1.54) is 6.92 Å². The number of rotatable bonds is 4. The van der Waals surface area contributed by atoms with Crippen LogP contribution in [0.25, 0.3) is 11.3 Å². The van der Waals surface area contributed by atoms with Gasteiger partial charge in [-0.05, 0) is 48.5 Å². The molecule has 0 saturated carbocycles. The van der Waals surface area contributed by atoms with Crippen molar-refractivity contribution in [2.45, 2.75) is 6.92 Å². The molecule has 0 aliphatic heterocycles. The van der Waals surface area contributed by atoms with Crippen LogP contribution >= 0.6 is 11.6 Å². The van der Waals surface area contributed by atoms with Crippen molar-refractivity contribution in [3.63, 3.8) is 0 Å². The minimum atomic E-state index is -0.370. The number of furan rings is 1. The van der Waals surface area contributed by atoms with E-state index in [2.05, 4.69) is 10.6 Å². The molecule has 0 spiro atoms. The van der Waals surface area contributed by atoms with Gasteiger partial charge >= 0.3 is 0 Å². The van der Waals surface area contributed by atoms with Crippen molar-refractivity contribution in [2.24, 2.45) is 0 Å². The molecule has 2 aromatic carbocycles. The smallest absolute Gasteiger partial charge is 0.291 e. The molecule has 3 aromatic rings. The van der Waals surface area contributed by atoms with Crippen LogP contribution in [0.1, 0.15) is 17.5 Å². The second kappa shape index (κ2) is 7.23. The maximum Gasteiger partial charge on any atom is 0.291 e. The standard InChI is InChI=1S/C19H15ClN2O3/c1-12(23)21-13-6-8-14(9-7-13)22-19(24)18-11-10-17(25-18)15-4-2-3-5-16(15)20/h2-11H,1H3,(H,21,23)(H,22,24). The van der Waals surface area contributed by atoms with Crippen LogP contribution in [0.4, 0.5) is 11.4 Å². The van der Waals surface area contributed by atoms with Gasteiger partial charge in [0.2, 0.25) is 5.91 Å². The van der Waals surface area contributed by atoms with E-state index in [4.69, 9.17) is 16.0 Å². The monoisotopic (exact) mass is 354 g/mol. The van der Waals surface area contributed by atoms with Gasteiger partial charge < -0.3 is 15.1 Å². The summed E-state index contributed by atoms with van der Waals surface area (Å²) in [5.41, 5.74) is 1.97. The van der Waals surface area contributed by atoms with Crippen LogP contribution in [0.5, 0.6) is 0 Å². The molecule has 2 amide bonds. The Bertz CT molecular complexity index is 916. The van der Waals surface area contributed by atoms with Crippen LogP contribution < -0.4 is 10.6 Å². The normalized spacial score (nSPS) is 10.3. The van der Waals surface area contributed by atoms with Crippen molar-refractivity contribution in [3.8, 4) is 11.3 Å². The highest BCUT2D eigenvalue weighted by Crippen LogP contribution is 2.29. The average Bonchev–Trinajstić information content (AvgIpc) is 3.06. The molecule has 0 atom stereocenters. The van der Waals surface area contributed by atoms with E-state index in [1.807, 2.05) is 18.2 Å². The van der Waals surface area contributed by atoms with E-state index in [0.29, 0.717) is 22.2 Å². The lowest BCUT2D eigenvalue weighted by Crippen LogP contribution is -2.11. The zero-order valence-electron chi connectivity index (χ0n) is 13.4. The van der Waals surface area contributed by atoms with Crippen LogP contribution in [0.3, 0.4) is 0 Å². The Balaban J connectivity index is 1.72. The van der Waals surface area contributed by atoms with Gasteiger partial charge in [0.15, 0.2) is 5.76 Å². The Morgan fingerprint density at radius 1 is 0.880 bits per heavy atom. The molecule has 3 rings (SSSR count). The number of amides is 2. The largest absolute Gasteiger partial charge is 0.451 e. The van der Waals surface area contributed by atoms with Crippen molar-refractivity contribution in [3.05, 3.63) is 71.4 Å². The zero-order chi connectivity index (χ0) is 17.8. The van der Waals surface area contributed by atoms with Gasteiger partial charge in [0.25, 0.3) is 5.91 Å². The molecule has 1 aromatic heterocycles. The van der Waals surface area contributed by atoms with Crippen molar-refractivity contribution in [2.75, 3.05) is 10.6 Å². The molecule has 126 valence electrons. The Morgan fingerprint density at radius 3 is 2.16 bits per heavy atom. The third-order valence-electron chi connectivity index (χ3n) is 3.43.